The number of benzene rings is 2. The maximum Gasteiger partial charge on any atom is 0.229 e. The largest absolute Gasteiger partial charge is 0.468 e. The summed E-state index contributed by atoms with van der Waals surface area (Å²) >= 11 is 0. The highest BCUT2D eigenvalue weighted by molar-refractivity contribution is 5.60. The predicted molar refractivity (Wildman–Crippen MR) is 65.1 cm³/mol. The molecule has 0 aliphatic heterocycles. The molecule has 3 nitrogen and oxygen atoms in total. The summed E-state index contributed by atoms with van der Waals surface area (Å²) in [5.41, 5.74) is 0.915. The lowest BCUT2D eigenvalue weighted by Gasteiger charge is -2.08. The normalized spacial score (nSPS) is 9.83. The second-order valence-corrected chi connectivity index (χ2v) is 3.63. The molecule has 4 heteroatoms. The first-order valence-corrected chi connectivity index (χ1v) is 5.27. The number of hydrogen-bond donors (Lipinski definition) is 1. The van der Waals surface area contributed by atoms with Gasteiger partial charge in [-0.15, -0.1) is 0 Å². The fourth-order valence-corrected chi connectivity index (χ4v) is 1.49. The third-order valence-corrected chi connectivity index (χ3v) is 2.35. The Morgan fingerprint density at radius 2 is 2.06 bits per heavy atom. The summed E-state index contributed by atoms with van der Waals surface area (Å²) in [5, 5.41) is 8.98. The van der Waals surface area contributed by atoms with Gasteiger partial charge in [-0.05, 0) is 29.8 Å². The molecule has 18 heavy (non-hydrogen) atoms. The molecule has 0 fully saturated rings. The van der Waals surface area contributed by atoms with E-state index < -0.39 is 5.82 Å². The zero-order chi connectivity index (χ0) is 13.0. The molecule has 0 aromatic heterocycles. The maximum absolute atomic E-state index is 13.0. The molecule has 0 spiro atoms. The van der Waals surface area contributed by atoms with E-state index in [9.17, 15) is 4.39 Å². The number of ether oxygens (including phenoxy) is 1. The molecule has 1 N–H and O–H groups in total. The van der Waals surface area contributed by atoms with Gasteiger partial charge in [0, 0.05) is 6.07 Å². The molecular formula is C14H10FNO2. The topological polar surface area (TPSA) is 33.8 Å². The average Bonchev–Trinajstić information content (AvgIpc) is 2.39. The summed E-state index contributed by atoms with van der Waals surface area (Å²) in [5.74, 6) is 0.272. The Bertz CT molecular complexity index is 605. The van der Waals surface area contributed by atoms with Gasteiger partial charge in [0.15, 0.2) is 0 Å². The van der Waals surface area contributed by atoms with Gasteiger partial charge in [-0.3, -0.25) is 0 Å². The Balaban J connectivity index is 2.32. The summed E-state index contributed by atoms with van der Waals surface area (Å²) in [4.78, 5) is 3.32. The van der Waals surface area contributed by atoms with E-state index in [2.05, 4.69) is 4.85 Å². The zero-order valence-corrected chi connectivity index (χ0v) is 9.43. The van der Waals surface area contributed by atoms with E-state index in [0.29, 0.717) is 17.1 Å². The van der Waals surface area contributed by atoms with Crippen molar-refractivity contribution >= 4 is 5.69 Å². The quantitative estimate of drug-likeness (QED) is 0.834. The minimum absolute atomic E-state index is 0.136. The van der Waals surface area contributed by atoms with Crippen LogP contribution in [-0.4, -0.2) is 5.11 Å². The number of nitrogens with zero attached hydrogens (tertiary/aromatic N) is 1. The third-order valence-electron chi connectivity index (χ3n) is 2.35. The van der Waals surface area contributed by atoms with Crippen LogP contribution in [0.25, 0.3) is 4.85 Å². The van der Waals surface area contributed by atoms with Gasteiger partial charge < -0.3 is 9.84 Å². The lowest BCUT2D eigenvalue weighted by atomic mass is 10.2. The molecule has 0 aliphatic carbocycles. The van der Waals surface area contributed by atoms with Crippen molar-refractivity contribution in [3.8, 4) is 11.5 Å². The Hall–Kier alpha value is -2.38. The Kier molecular flexibility index (Phi) is 3.56. The molecule has 0 heterocycles. The molecular weight excluding hydrogens is 233 g/mol. The molecule has 2 aromatic carbocycles. The average molecular weight is 243 g/mol. The summed E-state index contributed by atoms with van der Waals surface area (Å²) < 4.78 is 18.4. The van der Waals surface area contributed by atoms with E-state index in [1.165, 1.54) is 18.2 Å². The fourth-order valence-electron chi connectivity index (χ4n) is 1.49. The molecule has 0 saturated heterocycles. The van der Waals surface area contributed by atoms with E-state index >= 15 is 0 Å². The van der Waals surface area contributed by atoms with Crippen molar-refractivity contribution in [1.29, 1.82) is 0 Å². The van der Waals surface area contributed by atoms with Crippen LogP contribution in [0.1, 0.15) is 5.56 Å². The molecule has 2 rings (SSSR count). The first kappa shape index (κ1) is 12.1. The fraction of sp³-hybridized carbons (Fsp3) is 0.0714. The monoisotopic (exact) mass is 243 g/mol. The number of hydrogen-bond acceptors (Lipinski definition) is 2. The summed E-state index contributed by atoms with van der Waals surface area (Å²) in [6, 6.07) is 10.5. The van der Waals surface area contributed by atoms with E-state index in [1.807, 2.05) is 0 Å². The van der Waals surface area contributed by atoms with Crippen molar-refractivity contribution < 1.29 is 14.2 Å². The van der Waals surface area contributed by atoms with Crippen LogP contribution in [0.2, 0.25) is 0 Å². The molecule has 0 saturated carbocycles. The van der Waals surface area contributed by atoms with Crippen LogP contribution in [0.15, 0.2) is 42.5 Å². The minimum Gasteiger partial charge on any atom is -0.468 e. The zero-order valence-electron chi connectivity index (χ0n) is 9.43. The van der Waals surface area contributed by atoms with Crippen molar-refractivity contribution in [1.82, 2.24) is 0 Å². The van der Waals surface area contributed by atoms with Gasteiger partial charge in [0.25, 0.3) is 0 Å². The van der Waals surface area contributed by atoms with Crippen molar-refractivity contribution in [3.63, 3.8) is 0 Å². The van der Waals surface area contributed by atoms with Crippen molar-refractivity contribution in [2.24, 2.45) is 0 Å². The standard InChI is InChI=1S/C14H10FNO2/c1-16-13-7-10(9-17)5-6-14(13)18-12-4-2-3-11(15)8-12/h2-8,17H,9H2. The lowest BCUT2D eigenvalue weighted by molar-refractivity contribution is 0.282. The highest BCUT2D eigenvalue weighted by atomic mass is 19.1. The van der Waals surface area contributed by atoms with E-state index in [1.54, 1.807) is 24.3 Å². The summed E-state index contributed by atoms with van der Waals surface area (Å²) in [7, 11) is 0. The van der Waals surface area contributed by atoms with Crippen LogP contribution in [0.4, 0.5) is 10.1 Å². The van der Waals surface area contributed by atoms with Gasteiger partial charge >= 0.3 is 0 Å². The number of aliphatic hydroxyl groups excluding tert-OH is 1. The second-order valence-electron chi connectivity index (χ2n) is 3.63. The number of halogens is 1. The van der Waals surface area contributed by atoms with E-state index in [0.717, 1.165) is 0 Å². The molecule has 0 radical (unpaired) electrons. The van der Waals surface area contributed by atoms with Crippen LogP contribution < -0.4 is 4.74 Å². The van der Waals surface area contributed by atoms with Crippen LogP contribution >= 0.6 is 0 Å². The Morgan fingerprint density at radius 3 is 2.72 bits per heavy atom. The van der Waals surface area contributed by atoms with Crippen LogP contribution in [0, 0.1) is 12.4 Å². The SMILES string of the molecule is [C-]#[N+]c1cc(CO)ccc1Oc1cccc(F)c1. The smallest absolute Gasteiger partial charge is 0.229 e. The van der Waals surface area contributed by atoms with E-state index in [4.69, 9.17) is 16.4 Å². The van der Waals surface area contributed by atoms with E-state index in [-0.39, 0.29) is 12.3 Å². The van der Waals surface area contributed by atoms with Gasteiger partial charge in [0.1, 0.15) is 17.3 Å². The van der Waals surface area contributed by atoms with Crippen LogP contribution in [0.5, 0.6) is 11.5 Å². The van der Waals surface area contributed by atoms with Crippen LogP contribution in [-0.2, 0) is 6.61 Å². The number of aliphatic hydroxyl groups is 1. The third kappa shape index (κ3) is 2.65. The first-order chi connectivity index (χ1) is 8.72. The highest BCUT2D eigenvalue weighted by Crippen LogP contribution is 2.32. The first-order valence-electron chi connectivity index (χ1n) is 5.27. The van der Waals surface area contributed by atoms with Crippen molar-refractivity contribution in [2.45, 2.75) is 6.61 Å². The molecule has 0 bridgehead atoms. The van der Waals surface area contributed by atoms with Crippen molar-refractivity contribution in [3.05, 3.63) is 65.3 Å². The van der Waals surface area contributed by atoms with Crippen LogP contribution in [0.3, 0.4) is 0 Å². The second kappa shape index (κ2) is 5.30. The molecule has 0 amide bonds. The molecule has 0 atom stereocenters. The Labute approximate surface area is 104 Å². The highest BCUT2D eigenvalue weighted by Gasteiger charge is 2.06. The maximum atomic E-state index is 13.0. The number of rotatable bonds is 3. The summed E-state index contributed by atoms with van der Waals surface area (Å²) in [6.07, 6.45) is 0. The van der Waals surface area contributed by atoms with Gasteiger partial charge in [0.05, 0.1) is 13.2 Å². The van der Waals surface area contributed by atoms with Gasteiger partial charge in [-0.1, -0.05) is 12.1 Å². The lowest BCUT2D eigenvalue weighted by Crippen LogP contribution is -1.88. The molecule has 0 aliphatic rings. The minimum atomic E-state index is -0.399. The van der Waals surface area contributed by atoms with Gasteiger partial charge in [-0.25, -0.2) is 9.24 Å². The molecule has 2 aromatic rings. The summed E-state index contributed by atoms with van der Waals surface area (Å²) in [6.45, 7) is 6.92. The predicted octanol–water partition coefficient (Wildman–Crippen LogP) is 3.66. The van der Waals surface area contributed by atoms with Crippen molar-refractivity contribution in [2.75, 3.05) is 0 Å². The molecule has 0 unspecified atom stereocenters. The van der Waals surface area contributed by atoms with Gasteiger partial charge in [-0.2, -0.15) is 0 Å². The molecule has 90 valence electrons. The van der Waals surface area contributed by atoms with Gasteiger partial charge in [0.2, 0.25) is 5.69 Å². The Morgan fingerprint density at radius 1 is 1.22 bits per heavy atom.